The number of nitrogens with one attached hydrogen (secondary N) is 1. The summed E-state index contributed by atoms with van der Waals surface area (Å²) >= 11 is 0. The standard InChI is InChI=1S/C17H31NO/c1-3-4-5-16(19)11-17(18-2)14-7-12-6-13(9-14)10-15(17)8-12/h12-16,18-19H,3-11H2,1-2H3. The number of hydrogen-bond acceptors (Lipinski definition) is 2. The Bertz CT molecular complexity index is 286. The molecule has 4 fully saturated rings. The minimum atomic E-state index is -0.0927. The molecule has 0 heterocycles. The summed E-state index contributed by atoms with van der Waals surface area (Å²) < 4.78 is 0. The van der Waals surface area contributed by atoms with Crippen LogP contribution in [0.1, 0.15) is 64.7 Å². The molecule has 2 nitrogen and oxygen atoms in total. The third-order valence-electron chi connectivity index (χ3n) is 6.52. The van der Waals surface area contributed by atoms with Crippen LogP contribution in [0.5, 0.6) is 0 Å². The molecule has 0 saturated heterocycles. The van der Waals surface area contributed by atoms with Gasteiger partial charge in [0.2, 0.25) is 0 Å². The van der Waals surface area contributed by atoms with Gasteiger partial charge in [0, 0.05) is 5.54 Å². The average molecular weight is 265 g/mol. The Hall–Kier alpha value is -0.0800. The fourth-order valence-electron chi connectivity index (χ4n) is 5.80. The van der Waals surface area contributed by atoms with Gasteiger partial charge in [-0.1, -0.05) is 19.8 Å². The minimum absolute atomic E-state index is 0.0927. The van der Waals surface area contributed by atoms with Crippen molar-refractivity contribution in [2.24, 2.45) is 23.7 Å². The first-order valence-electron chi connectivity index (χ1n) is 8.55. The van der Waals surface area contributed by atoms with Crippen LogP contribution in [0.2, 0.25) is 0 Å². The van der Waals surface area contributed by atoms with Crippen LogP contribution in [-0.2, 0) is 0 Å². The van der Waals surface area contributed by atoms with Gasteiger partial charge in [0.25, 0.3) is 0 Å². The van der Waals surface area contributed by atoms with Crippen molar-refractivity contribution in [1.82, 2.24) is 5.32 Å². The summed E-state index contributed by atoms with van der Waals surface area (Å²) in [6.07, 6.45) is 11.5. The molecule has 0 aromatic heterocycles. The highest BCUT2D eigenvalue weighted by atomic mass is 16.3. The quantitative estimate of drug-likeness (QED) is 0.772. The second-order valence-corrected chi connectivity index (χ2v) is 7.59. The second kappa shape index (κ2) is 5.37. The van der Waals surface area contributed by atoms with E-state index in [1.165, 1.54) is 44.9 Å². The molecule has 0 aromatic rings. The van der Waals surface area contributed by atoms with Gasteiger partial charge in [0.1, 0.15) is 0 Å². The van der Waals surface area contributed by atoms with Crippen LogP contribution in [0.4, 0.5) is 0 Å². The Morgan fingerprint density at radius 2 is 1.68 bits per heavy atom. The maximum Gasteiger partial charge on any atom is 0.0558 e. The Labute approximate surface area is 118 Å². The Balaban J connectivity index is 1.72. The van der Waals surface area contributed by atoms with Gasteiger partial charge in [0.05, 0.1) is 6.10 Å². The first-order chi connectivity index (χ1) is 9.18. The molecular weight excluding hydrogens is 234 g/mol. The van der Waals surface area contributed by atoms with Crippen LogP contribution in [0.3, 0.4) is 0 Å². The summed E-state index contributed by atoms with van der Waals surface area (Å²) in [5.41, 5.74) is 0.264. The van der Waals surface area contributed by atoms with E-state index in [0.717, 1.165) is 36.5 Å². The van der Waals surface area contributed by atoms with Gasteiger partial charge in [0.15, 0.2) is 0 Å². The summed E-state index contributed by atoms with van der Waals surface area (Å²) in [5.74, 6) is 3.70. The normalized spacial score (nSPS) is 45.6. The lowest BCUT2D eigenvalue weighted by atomic mass is 9.47. The minimum Gasteiger partial charge on any atom is -0.393 e. The number of aliphatic hydroxyl groups is 1. The molecule has 0 aliphatic heterocycles. The van der Waals surface area contributed by atoms with E-state index in [0.29, 0.717) is 0 Å². The summed E-state index contributed by atoms with van der Waals surface area (Å²) in [4.78, 5) is 0. The molecule has 0 aromatic carbocycles. The van der Waals surface area contributed by atoms with Crippen molar-refractivity contribution in [1.29, 1.82) is 0 Å². The predicted octanol–water partition coefficient (Wildman–Crippen LogP) is 3.34. The smallest absolute Gasteiger partial charge is 0.0558 e. The molecule has 0 amide bonds. The van der Waals surface area contributed by atoms with E-state index in [1.807, 2.05) is 0 Å². The zero-order valence-corrected chi connectivity index (χ0v) is 12.7. The van der Waals surface area contributed by atoms with E-state index in [4.69, 9.17) is 0 Å². The van der Waals surface area contributed by atoms with Crippen molar-refractivity contribution in [3.05, 3.63) is 0 Å². The zero-order valence-electron chi connectivity index (χ0n) is 12.7. The van der Waals surface area contributed by atoms with E-state index < -0.39 is 0 Å². The van der Waals surface area contributed by atoms with Crippen LogP contribution >= 0.6 is 0 Å². The average Bonchev–Trinajstić information content (AvgIpc) is 2.40. The highest BCUT2D eigenvalue weighted by molar-refractivity contribution is 5.11. The first-order valence-corrected chi connectivity index (χ1v) is 8.55. The van der Waals surface area contributed by atoms with Gasteiger partial charge in [-0.15, -0.1) is 0 Å². The third-order valence-corrected chi connectivity index (χ3v) is 6.52. The molecule has 1 unspecified atom stereocenters. The summed E-state index contributed by atoms with van der Waals surface area (Å²) in [7, 11) is 2.15. The lowest BCUT2D eigenvalue weighted by Gasteiger charge is -2.62. The molecule has 1 atom stereocenters. The van der Waals surface area contributed by atoms with E-state index in [9.17, 15) is 5.11 Å². The second-order valence-electron chi connectivity index (χ2n) is 7.59. The van der Waals surface area contributed by atoms with Gasteiger partial charge in [-0.25, -0.2) is 0 Å². The molecule has 19 heavy (non-hydrogen) atoms. The van der Waals surface area contributed by atoms with Crippen LogP contribution < -0.4 is 5.32 Å². The summed E-state index contributed by atoms with van der Waals surface area (Å²) in [6, 6.07) is 0. The van der Waals surface area contributed by atoms with Gasteiger partial charge in [-0.2, -0.15) is 0 Å². The van der Waals surface area contributed by atoms with Gasteiger partial charge in [-0.3, -0.25) is 0 Å². The predicted molar refractivity (Wildman–Crippen MR) is 79.0 cm³/mol. The van der Waals surface area contributed by atoms with Crippen molar-refractivity contribution in [3.8, 4) is 0 Å². The van der Waals surface area contributed by atoms with Gasteiger partial charge in [-0.05, 0) is 75.7 Å². The molecule has 2 N–H and O–H groups in total. The number of rotatable bonds is 6. The molecule has 4 bridgehead atoms. The van der Waals surface area contributed by atoms with Crippen molar-refractivity contribution in [3.63, 3.8) is 0 Å². The lowest BCUT2D eigenvalue weighted by molar-refractivity contribution is -0.0893. The Morgan fingerprint density at radius 1 is 1.11 bits per heavy atom. The molecule has 0 spiro atoms. The van der Waals surface area contributed by atoms with Crippen LogP contribution in [0.15, 0.2) is 0 Å². The highest BCUT2D eigenvalue weighted by Crippen LogP contribution is 2.59. The van der Waals surface area contributed by atoms with E-state index in [1.54, 1.807) is 0 Å². The van der Waals surface area contributed by atoms with Crippen molar-refractivity contribution in [2.75, 3.05) is 7.05 Å². The SMILES string of the molecule is CCCCC(O)CC1(NC)C2CC3CC(C2)CC1C3. The van der Waals surface area contributed by atoms with Gasteiger partial charge < -0.3 is 10.4 Å². The molecule has 110 valence electrons. The van der Waals surface area contributed by atoms with Crippen LogP contribution in [0, 0.1) is 23.7 Å². The summed E-state index contributed by atoms with van der Waals surface area (Å²) in [5, 5.41) is 14.1. The molecule has 4 rings (SSSR count). The Morgan fingerprint density at radius 3 is 2.16 bits per heavy atom. The molecule has 2 heteroatoms. The first kappa shape index (κ1) is 13.9. The van der Waals surface area contributed by atoms with E-state index in [-0.39, 0.29) is 11.6 Å². The number of unbranched alkanes of at least 4 members (excludes halogenated alkanes) is 1. The Kier molecular flexibility index (Phi) is 3.92. The molecule has 4 saturated carbocycles. The van der Waals surface area contributed by atoms with E-state index in [2.05, 4.69) is 19.3 Å². The van der Waals surface area contributed by atoms with Crippen molar-refractivity contribution >= 4 is 0 Å². The van der Waals surface area contributed by atoms with Crippen LogP contribution in [0.25, 0.3) is 0 Å². The maximum absolute atomic E-state index is 10.4. The van der Waals surface area contributed by atoms with Crippen molar-refractivity contribution < 1.29 is 5.11 Å². The van der Waals surface area contributed by atoms with Crippen LogP contribution in [-0.4, -0.2) is 23.8 Å². The molecule has 0 radical (unpaired) electrons. The molecule has 4 aliphatic carbocycles. The summed E-state index contributed by atoms with van der Waals surface area (Å²) in [6.45, 7) is 2.21. The monoisotopic (exact) mass is 265 g/mol. The molecular formula is C17H31NO. The highest BCUT2D eigenvalue weighted by Gasteiger charge is 2.56. The zero-order chi connectivity index (χ0) is 13.5. The maximum atomic E-state index is 10.4. The van der Waals surface area contributed by atoms with Crippen molar-refractivity contribution in [2.45, 2.75) is 76.4 Å². The fourth-order valence-corrected chi connectivity index (χ4v) is 5.80. The molecule has 4 aliphatic rings. The fraction of sp³-hybridized carbons (Fsp3) is 1.00. The largest absolute Gasteiger partial charge is 0.393 e. The number of aliphatic hydroxyl groups excluding tert-OH is 1. The lowest BCUT2D eigenvalue weighted by Crippen LogP contribution is -2.65. The topological polar surface area (TPSA) is 32.3 Å². The van der Waals surface area contributed by atoms with E-state index >= 15 is 0 Å². The third kappa shape index (κ3) is 2.35. The number of hydrogen-bond donors (Lipinski definition) is 2. The van der Waals surface area contributed by atoms with Gasteiger partial charge >= 0.3 is 0 Å².